The van der Waals surface area contributed by atoms with Crippen LogP contribution >= 0.6 is 23.2 Å². The van der Waals surface area contributed by atoms with E-state index in [-0.39, 0.29) is 11.8 Å². The molecule has 10 nitrogen and oxygen atoms in total. The molecule has 2 aliphatic heterocycles. The van der Waals surface area contributed by atoms with E-state index in [1.807, 2.05) is 66.0 Å². The molecule has 12 heteroatoms. The van der Waals surface area contributed by atoms with E-state index in [0.717, 1.165) is 48.6 Å². The Hall–Kier alpha value is -3.96. The summed E-state index contributed by atoms with van der Waals surface area (Å²) in [6.45, 7) is 6.92. The van der Waals surface area contributed by atoms with Gasteiger partial charge < -0.3 is 24.4 Å². The number of carbonyl (C=O) groups excluding carboxylic acids is 2. The molecule has 46 heavy (non-hydrogen) atoms. The molecule has 2 amide bonds. The number of fused-ring (bicyclic) bond motifs is 1. The predicted molar refractivity (Wildman–Crippen MR) is 180 cm³/mol. The zero-order valence-electron chi connectivity index (χ0n) is 26.4. The van der Waals surface area contributed by atoms with Crippen molar-refractivity contribution in [1.82, 2.24) is 29.2 Å². The van der Waals surface area contributed by atoms with Gasteiger partial charge >= 0.3 is 0 Å². The van der Waals surface area contributed by atoms with Gasteiger partial charge in [0.2, 0.25) is 11.8 Å². The largest absolute Gasteiger partial charge is 0.481 e. The first-order valence-electron chi connectivity index (χ1n) is 15.3. The van der Waals surface area contributed by atoms with Gasteiger partial charge in [-0.25, -0.2) is 9.97 Å². The topological polar surface area (TPSA) is 95.8 Å². The standard InChI is InChI=1S/C34H37Cl2N7O3/c1-21(44)43-17-15-42(16-18-43)19-22-11-12-26(39-34(22)46-4)25-9-5-7-23(30(25)35)24-8-6-10-27(31(24)36)38-33(45)32-37-28-20-40(2)14-13-29(28)41(32)3/h5-12H,13-20H2,1-4H3,(H,38,45). The van der Waals surface area contributed by atoms with Gasteiger partial charge in [0.25, 0.3) is 5.91 Å². The Balaban J connectivity index is 1.23. The van der Waals surface area contributed by atoms with Crippen LogP contribution in [0.5, 0.6) is 5.88 Å². The first-order chi connectivity index (χ1) is 22.1. The molecule has 4 aromatic rings. The lowest BCUT2D eigenvalue weighted by atomic mass is 10.00. The van der Waals surface area contributed by atoms with Gasteiger partial charge in [0.1, 0.15) is 0 Å². The van der Waals surface area contributed by atoms with Crippen molar-refractivity contribution in [2.45, 2.75) is 26.4 Å². The van der Waals surface area contributed by atoms with Crippen LogP contribution in [0, 0.1) is 0 Å². The van der Waals surface area contributed by atoms with E-state index in [2.05, 4.69) is 20.1 Å². The number of amides is 2. The Kier molecular flexibility index (Phi) is 9.33. The molecule has 0 atom stereocenters. The second-order valence-electron chi connectivity index (χ2n) is 11.8. The number of nitrogens with zero attached hydrogens (tertiary/aromatic N) is 6. The summed E-state index contributed by atoms with van der Waals surface area (Å²) in [5.41, 5.74) is 6.23. The number of halogens is 2. The number of benzene rings is 2. The molecule has 0 saturated carbocycles. The van der Waals surface area contributed by atoms with Crippen molar-refractivity contribution >= 4 is 40.7 Å². The monoisotopic (exact) mass is 661 g/mol. The van der Waals surface area contributed by atoms with Gasteiger partial charge in [-0.05, 0) is 19.2 Å². The number of rotatable bonds is 7. The quantitative estimate of drug-likeness (QED) is 0.285. The normalized spacial score (nSPS) is 15.5. The Bertz CT molecular complexity index is 1800. The Labute approximate surface area is 278 Å². The molecule has 1 N–H and O–H groups in total. The minimum Gasteiger partial charge on any atom is -0.481 e. The molecule has 2 aromatic heterocycles. The second-order valence-corrected chi connectivity index (χ2v) is 12.6. The lowest BCUT2D eigenvalue weighted by Gasteiger charge is -2.34. The molecule has 240 valence electrons. The smallest absolute Gasteiger partial charge is 0.291 e. The number of hydrogen-bond acceptors (Lipinski definition) is 7. The van der Waals surface area contributed by atoms with Crippen LogP contribution in [0.15, 0.2) is 48.5 Å². The molecule has 0 radical (unpaired) electrons. The summed E-state index contributed by atoms with van der Waals surface area (Å²) in [6, 6.07) is 15.1. The highest BCUT2D eigenvalue weighted by Gasteiger charge is 2.25. The maximum atomic E-state index is 13.4. The van der Waals surface area contributed by atoms with E-state index in [1.165, 1.54) is 0 Å². The number of ether oxygens (including phenoxy) is 1. The van der Waals surface area contributed by atoms with Crippen molar-refractivity contribution in [2.24, 2.45) is 7.05 Å². The molecule has 0 bridgehead atoms. The molecule has 2 aliphatic rings. The molecule has 4 heterocycles. The van der Waals surface area contributed by atoms with E-state index in [1.54, 1.807) is 20.1 Å². The molecular weight excluding hydrogens is 625 g/mol. The molecule has 0 unspecified atom stereocenters. The number of likely N-dealkylation sites (N-methyl/N-ethyl adjacent to an activating group) is 1. The highest BCUT2D eigenvalue weighted by Crippen LogP contribution is 2.41. The lowest BCUT2D eigenvalue weighted by molar-refractivity contribution is -0.130. The fraction of sp³-hybridized carbons (Fsp3) is 0.353. The zero-order chi connectivity index (χ0) is 32.5. The van der Waals surface area contributed by atoms with E-state index in [4.69, 9.17) is 32.9 Å². The molecule has 6 rings (SSSR count). The second kappa shape index (κ2) is 13.4. The van der Waals surface area contributed by atoms with E-state index in [9.17, 15) is 9.59 Å². The number of nitrogens with one attached hydrogen (secondary N) is 1. The number of piperazine rings is 1. The molecule has 0 aliphatic carbocycles. The first kappa shape index (κ1) is 32.0. The van der Waals surface area contributed by atoms with Crippen LogP contribution in [-0.2, 0) is 31.4 Å². The fourth-order valence-electron chi connectivity index (χ4n) is 6.19. The van der Waals surface area contributed by atoms with Crippen LogP contribution in [0.3, 0.4) is 0 Å². The summed E-state index contributed by atoms with van der Waals surface area (Å²) in [5.74, 6) is 0.661. The minimum absolute atomic E-state index is 0.107. The zero-order valence-corrected chi connectivity index (χ0v) is 28.0. The van der Waals surface area contributed by atoms with Crippen LogP contribution in [0.25, 0.3) is 22.4 Å². The molecule has 1 saturated heterocycles. The maximum absolute atomic E-state index is 13.4. The average molecular weight is 663 g/mol. The van der Waals surface area contributed by atoms with Crippen molar-refractivity contribution in [3.63, 3.8) is 0 Å². The summed E-state index contributed by atoms with van der Waals surface area (Å²) in [4.78, 5) is 40.9. The minimum atomic E-state index is -0.324. The van der Waals surface area contributed by atoms with Crippen LogP contribution < -0.4 is 10.1 Å². The van der Waals surface area contributed by atoms with Crippen molar-refractivity contribution in [1.29, 1.82) is 0 Å². The van der Waals surface area contributed by atoms with Gasteiger partial charge in [-0.15, -0.1) is 0 Å². The first-order valence-corrected chi connectivity index (χ1v) is 16.0. The number of imidazole rings is 1. The van der Waals surface area contributed by atoms with Crippen LogP contribution in [0.2, 0.25) is 10.0 Å². The van der Waals surface area contributed by atoms with E-state index in [0.29, 0.717) is 70.4 Å². The third-order valence-corrected chi connectivity index (χ3v) is 9.62. The number of anilines is 1. The Morgan fingerprint density at radius 3 is 2.30 bits per heavy atom. The van der Waals surface area contributed by atoms with Crippen LogP contribution in [0.1, 0.15) is 34.5 Å². The number of pyridine rings is 1. The number of carbonyl (C=O) groups is 2. The predicted octanol–water partition coefficient (Wildman–Crippen LogP) is 5.37. The van der Waals surface area contributed by atoms with Gasteiger partial charge in [-0.3, -0.25) is 14.5 Å². The summed E-state index contributed by atoms with van der Waals surface area (Å²) in [5, 5.41) is 3.82. The lowest BCUT2D eigenvalue weighted by Crippen LogP contribution is -2.47. The summed E-state index contributed by atoms with van der Waals surface area (Å²) in [7, 11) is 5.54. The van der Waals surface area contributed by atoms with E-state index >= 15 is 0 Å². The fourth-order valence-corrected chi connectivity index (χ4v) is 6.79. The van der Waals surface area contributed by atoms with Crippen molar-refractivity contribution in [2.75, 3.05) is 52.2 Å². The third kappa shape index (κ3) is 6.35. The molecule has 0 spiro atoms. The number of methoxy groups -OCH3 is 1. The Morgan fingerprint density at radius 2 is 1.59 bits per heavy atom. The third-order valence-electron chi connectivity index (χ3n) is 8.81. The number of aromatic nitrogens is 3. The highest BCUT2D eigenvalue weighted by molar-refractivity contribution is 6.39. The number of hydrogen-bond donors (Lipinski definition) is 1. The summed E-state index contributed by atoms with van der Waals surface area (Å²) < 4.78 is 7.57. The van der Waals surface area contributed by atoms with E-state index < -0.39 is 0 Å². The average Bonchev–Trinajstić information content (AvgIpc) is 3.38. The Morgan fingerprint density at radius 1 is 0.891 bits per heavy atom. The maximum Gasteiger partial charge on any atom is 0.291 e. The molecule has 2 aromatic carbocycles. The van der Waals surface area contributed by atoms with Gasteiger partial charge in [-0.2, -0.15) is 0 Å². The van der Waals surface area contributed by atoms with Crippen molar-refractivity contribution in [3.8, 4) is 28.3 Å². The SMILES string of the molecule is COc1nc(-c2cccc(-c3cccc(NC(=O)c4nc5c(n4C)CCN(C)C5)c3Cl)c2Cl)ccc1CN1CCN(C(C)=O)CC1. The molecule has 1 fully saturated rings. The molecular formula is C34H37Cl2N7O3. The summed E-state index contributed by atoms with van der Waals surface area (Å²) >= 11 is 14.0. The van der Waals surface area contributed by atoms with Crippen molar-refractivity contribution < 1.29 is 14.3 Å². The highest BCUT2D eigenvalue weighted by atomic mass is 35.5. The van der Waals surface area contributed by atoms with Gasteiger partial charge in [0.15, 0.2) is 5.82 Å². The van der Waals surface area contributed by atoms with Crippen LogP contribution in [-0.4, -0.2) is 87.9 Å². The van der Waals surface area contributed by atoms with Gasteiger partial charge in [-0.1, -0.05) is 59.6 Å². The van der Waals surface area contributed by atoms with Crippen LogP contribution in [0.4, 0.5) is 5.69 Å². The van der Waals surface area contributed by atoms with Gasteiger partial charge in [0, 0.05) is 94.2 Å². The van der Waals surface area contributed by atoms with Gasteiger partial charge in [0.05, 0.1) is 34.2 Å². The summed E-state index contributed by atoms with van der Waals surface area (Å²) in [6.07, 6.45) is 0.844. The van der Waals surface area contributed by atoms with Crippen molar-refractivity contribution in [3.05, 3.63) is 81.4 Å².